The molecule has 0 spiro atoms. The van der Waals surface area contributed by atoms with Crippen LogP contribution in [0.3, 0.4) is 0 Å². The van der Waals surface area contributed by atoms with Gasteiger partial charge >= 0.3 is 5.91 Å². The first-order valence-corrected chi connectivity index (χ1v) is 10.1. The minimum atomic E-state index is -0.888. The Morgan fingerprint density at radius 1 is 1.10 bits per heavy atom. The zero-order valence-electron chi connectivity index (χ0n) is 15.0. The molecule has 2 aromatic carbocycles. The van der Waals surface area contributed by atoms with E-state index in [0.717, 1.165) is 4.47 Å². The highest BCUT2D eigenvalue weighted by molar-refractivity contribution is 9.10. The quantitative estimate of drug-likeness (QED) is 0.346. The lowest BCUT2D eigenvalue weighted by atomic mass is 9.95. The smallest absolute Gasteiger partial charge is 0.301 e. The van der Waals surface area contributed by atoms with Crippen molar-refractivity contribution in [2.24, 2.45) is 0 Å². The number of aliphatic hydroxyl groups is 1. The first kappa shape index (κ1) is 19.4. The largest absolute Gasteiger partial charge is 0.507 e. The second-order valence-electron chi connectivity index (χ2n) is 6.33. The maximum atomic E-state index is 13.3. The van der Waals surface area contributed by atoms with Crippen molar-refractivity contribution in [2.75, 3.05) is 4.90 Å². The number of hydrogen-bond donors (Lipinski definition) is 1. The van der Waals surface area contributed by atoms with Crippen LogP contribution in [0.4, 0.5) is 9.52 Å². The number of aliphatic hydroxyl groups excluding tert-OH is 1. The summed E-state index contributed by atoms with van der Waals surface area (Å²) in [6.07, 6.45) is 0. The maximum absolute atomic E-state index is 13.3. The second kappa shape index (κ2) is 7.49. The Morgan fingerprint density at radius 3 is 2.34 bits per heavy atom. The number of carbonyl (C=O) groups is 2. The predicted molar refractivity (Wildman–Crippen MR) is 110 cm³/mol. The molecule has 3 aromatic rings. The topological polar surface area (TPSA) is 83.4 Å². The van der Waals surface area contributed by atoms with Gasteiger partial charge in [0.25, 0.3) is 5.78 Å². The van der Waals surface area contributed by atoms with Crippen LogP contribution < -0.4 is 4.90 Å². The van der Waals surface area contributed by atoms with Gasteiger partial charge in [-0.15, -0.1) is 10.2 Å². The fourth-order valence-electron chi connectivity index (χ4n) is 3.14. The van der Waals surface area contributed by atoms with E-state index in [1.54, 1.807) is 31.2 Å². The van der Waals surface area contributed by atoms with E-state index < -0.39 is 23.5 Å². The predicted octanol–water partition coefficient (Wildman–Crippen LogP) is 4.37. The number of halogens is 2. The summed E-state index contributed by atoms with van der Waals surface area (Å²) in [5.74, 6) is -2.50. The summed E-state index contributed by atoms with van der Waals surface area (Å²) in [7, 11) is 0. The van der Waals surface area contributed by atoms with E-state index in [-0.39, 0.29) is 22.0 Å². The SMILES string of the molecule is Cc1nnc(N2C(=O)C(=O)/C(=C(/O)c3ccc(F)cc3)[C@H]2c2ccc(Br)cc2)s1. The van der Waals surface area contributed by atoms with Gasteiger partial charge < -0.3 is 5.11 Å². The molecule has 9 heteroatoms. The molecule has 0 aliphatic carbocycles. The van der Waals surface area contributed by atoms with Crippen molar-refractivity contribution < 1.29 is 19.1 Å². The molecule has 29 heavy (non-hydrogen) atoms. The summed E-state index contributed by atoms with van der Waals surface area (Å²) < 4.78 is 14.1. The van der Waals surface area contributed by atoms with Gasteiger partial charge in [-0.1, -0.05) is 39.4 Å². The van der Waals surface area contributed by atoms with E-state index in [0.29, 0.717) is 10.6 Å². The summed E-state index contributed by atoms with van der Waals surface area (Å²) in [6.45, 7) is 1.74. The number of ketones is 1. The Balaban J connectivity index is 1.93. The molecule has 4 rings (SSSR count). The standard InChI is InChI=1S/C20H13BrFN3O3S/c1-10-23-24-20(29-10)25-16(11-2-6-13(21)7-3-11)15(18(27)19(25)28)17(26)12-4-8-14(22)9-5-12/h2-9,16,26H,1H3/b17-15+/t16-/m1/s1. The van der Waals surface area contributed by atoms with Crippen LogP contribution in [0.5, 0.6) is 0 Å². The molecule has 1 aliphatic heterocycles. The zero-order valence-corrected chi connectivity index (χ0v) is 17.4. The minimum absolute atomic E-state index is 0.0863. The number of hydrogen-bond acceptors (Lipinski definition) is 6. The van der Waals surface area contributed by atoms with E-state index in [9.17, 15) is 19.1 Å². The van der Waals surface area contributed by atoms with Gasteiger partial charge in [-0.3, -0.25) is 14.5 Å². The summed E-state index contributed by atoms with van der Waals surface area (Å²) >= 11 is 4.54. The Hall–Kier alpha value is -2.91. The molecule has 0 saturated carbocycles. The second-order valence-corrected chi connectivity index (χ2v) is 8.41. The third-order valence-corrected chi connectivity index (χ3v) is 5.84. The van der Waals surface area contributed by atoms with Gasteiger partial charge in [0, 0.05) is 10.0 Å². The summed E-state index contributed by atoms with van der Waals surface area (Å²) in [6, 6.07) is 11.2. The average molecular weight is 474 g/mol. The van der Waals surface area contributed by atoms with Gasteiger partial charge in [0.05, 0.1) is 11.6 Å². The average Bonchev–Trinajstić information content (AvgIpc) is 3.24. The highest BCUT2D eigenvalue weighted by atomic mass is 79.9. The highest BCUT2D eigenvalue weighted by Crippen LogP contribution is 2.43. The fraction of sp³-hybridized carbons (Fsp3) is 0.100. The molecule has 146 valence electrons. The number of aromatic nitrogens is 2. The fourth-order valence-corrected chi connectivity index (χ4v) is 4.12. The number of carbonyl (C=O) groups excluding carboxylic acids is 2. The lowest BCUT2D eigenvalue weighted by molar-refractivity contribution is -0.132. The van der Waals surface area contributed by atoms with Crippen LogP contribution in [0, 0.1) is 12.7 Å². The minimum Gasteiger partial charge on any atom is -0.507 e. The maximum Gasteiger partial charge on any atom is 0.301 e. The summed E-state index contributed by atoms with van der Waals surface area (Å²) in [4.78, 5) is 27.0. The third-order valence-electron chi connectivity index (χ3n) is 4.47. The molecule has 6 nitrogen and oxygen atoms in total. The molecule has 1 atom stereocenters. The van der Waals surface area contributed by atoms with Gasteiger partial charge in [-0.25, -0.2) is 4.39 Å². The van der Waals surface area contributed by atoms with E-state index in [1.807, 2.05) is 0 Å². The Labute approximate surface area is 177 Å². The van der Waals surface area contributed by atoms with Gasteiger partial charge in [-0.05, 0) is 48.9 Å². The summed E-state index contributed by atoms with van der Waals surface area (Å²) in [5.41, 5.74) is 0.764. The van der Waals surface area contributed by atoms with Crippen molar-refractivity contribution >= 4 is 49.8 Å². The number of Topliss-reactive ketones (excluding diaryl/α,β-unsaturated/α-hetero) is 1. The summed E-state index contributed by atoms with van der Waals surface area (Å²) in [5, 5.41) is 19.7. The van der Waals surface area contributed by atoms with Crippen molar-refractivity contribution in [3.05, 3.63) is 80.5 Å². The molecule has 1 aliphatic rings. The van der Waals surface area contributed by atoms with Crippen molar-refractivity contribution in [3.8, 4) is 0 Å². The zero-order chi connectivity index (χ0) is 20.7. The van der Waals surface area contributed by atoms with E-state index in [1.165, 1.54) is 40.5 Å². The van der Waals surface area contributed by atoms with Crippen LogP contribution in [0.25, 0.3) is 5.76 Å². The lowest BCUT2D eigenvalue weighted by Gasteiger charge is -2.22. The van der Waals surface area contributed by atoms with E-state index in [4.69, 9.17) is 0 Å². The van der Waals surface area contributed by atoms with Gasteiger partial charge in [-0.2, -0.15) is 0 Å². The highest BCUT2D eigenvalue weighted by Gasteiger charge is 2.48. The molecule has 1 aromatic heterocycles. The molecular weight excluding hydrogens is 461 g/mol. The molecule has 0 bridgehead atoms. The van der Waals surface area contributed by atoms with Crippen LogP contribution in [0.2, 0.25) is 0 Å². The number of anilines is 1. The number of nitrogens with zero attached hydrogens (tertiary/aromatic N) is 3. The monoisotopic (exact) mass is 473 g/mol. The van der Waals surface area contributed by atoms with Crippen LogP contribution in [-0.4, -0.2) is 27.0 Å². The number of benzene rings is 2. The van der Waals surface area contributed by atoms with Crippen molar-refractivity contribution in [1.29, 1.82) is 0 Å². The Kier molecular flexibility index (Phi) is 5.01. The molecule has 1 N–H and O–H groups in total. The van der Waals surface area contributed by atoms with Gasteiger partial charge in [0.15, 0.2) is 0 Å². The molecule has 0 radical (unpaired) electrons. The van der Waals surface area contributed by atoms with Gasteiger partial charge in [0.2, 0.25) is 5.13 Å². The van der Waals surface area contributed by atoms with Crippen molar-refractivity contribution in [1.82, 2.24) is 10.2 Å². The van der Waals surface area contributed by atoms with Gasteiger partial charge in [0.1, 0.15) is 16.6 Å². The van der Waals surface area contributed by atoms with Crippen LogP contribution >= 0.6 is 27.3 Å². The molecule has 1 amide bonds. The first-order chi connectivity index (χ1) is 13.9. The Bertz CT molecular complexity index is 1140. The first-order valence-electron chi connectivity index (χ1n) is 8.49. The van der Waals surface area contributed by atoms with E-state index in [2.05, 4.69) is 26.1 Å². The third kappa shape index (κ3) is 3.47. The lowest BCUT2D eigenvalue weighted by Crippen LogP contribution is -2.29. The molecule has 2 heterocycles. The molecule has 1 fully saturated rings. The van der Waals surface area contributed by atoms with E-state index >= 15 is 0 Å². The number of amides is 1. The van der Waals surface area contributed by atoms with Crippen molar-refractivity contribution in [2.45, 2.75) is 13.0 Å². The van der Waals surface area contributed by atoms with Crippen LogP contribution in [-0.2, 0) is 9.59 Å². The van der Waals surface area contributed by atoms with Crippen molar-refractivity contribution in [3.63, 3.8) is 0 Å². The molecular formula is C20H13BrFN3O3S. The number of rotatable bonds is 3. The number of aryl methyl sites for hydroxylation is 1. The molecule has 0 unspecified atom stereocenters. The molecule has 1 saturated heterocycles. The van der Waals surface area contributed by atoms with Crippen LogP contribution in [0.1, 0.15) is 22.2 Å². The van der Waals surface area contributed by atoms with Crippen LogP contribution in [0.15, 0.2) is 58.6 Å². The Morgan fingerprint density at radius 2 is 1.76 bits per heavy atom. The normalized spacial score (nSPS) is 18.4.